The molecule has 2 aromatic rings. The van der Waals surface area contributed by atoms with Crippen LogP contribution in [-0.4, -0.2) is 27.2 Å². The maximum atomic E-state index is 10.5. The third-order valence-corrected chi connectivity index (χ3v) is 2.16. The van der Waals surface area contributed by atoms with E-state index < -0.39 is 4.92 Å². The molecule has 2 rings (SSSR count). The van der Waals surface area contributed by atoms with Crippen LogP contribution < -0.4 is 5.32 Å². The minimum absolute atomic E-state index is 0.259. The number of nitrogens with zero attached hydrogens (tertiary/aromatic N) is 4. The van der Waals surface area contributed by atoms with Gasteiger partial charge < -0.3 is 9.73 Å². The van der Waals surface area contributed by atoms with Crippen molar-refractivity contribution in [2.45, 2.75) is 0 Å². The van der Waals surface area contributed by atoms with E-state index in [9.17, 15) is 10.1 Å². The lowest BCUT2D eigenvalue weighted by atomic mass is 10.2. The van der Waals surface area contributed by atoms with E-state index in [0.717, 1.165) is 0 Å². The van der Waals surface area contributed by atoms with Gasteiger partial charge in [-0.25, -0.2) is 4.98 Å². The maximum Gasteiger partial charge on any atom is 0.433 e. The molecule has 0 aliphatic heterocycles. The largest absolute Gasteiger partial charge is 0.433 e. The number of aromatic nitrogens is 3. The van der Waals surface area contributed by atoms with Gasteiger partial charge >= 0.3 is 5.88 Å². The predicted octanol–water partition coefficient (Wildman–Crippen LogP) is 1.48. The molecular formula is C10H9N5O3. The van der Waals surface area contributed by atoms with Crippen molar-refractivity contribution in [1.82, 2.24) is 15.2 Å². The first-order valence-electron chi connectivity index (χ1n) is 4.93. The summed E-state index contributed by atoms with van der Waals surface area (Å²) in [5.74, 6) is 0.283. The highest BCUT2D eigenvalue weighted by molar-refractivity contribution is 5.72. The Bertz CT molecular complexity index is 590. The van der Waals surface area contributed by atoms with Gasteiger partial charge in [0.05, 0.1) is 12.3 Å². The average Bonchev–Trinajstić information content (AvgIpc) is 2.88. The smallest absolute Gasteiger partial charge is 0.401 e. The molecular weight excluding hydrogens is 238 g/mol. The second kappa shape index (κ2) is 4.62. The molecule has 0 aliphatic carbocycles. The number of hydrogen-bond acceptors (Lipinski definition) is 7. The fraction of sp³-hybridized carbons (Fsp3) is 0.100. The highest BCUT2D eigenvalue weighted by Gasteiger charge is 2.15. The summed E-state index contributed by atoms with van der Waals surface area (Å²) in [6.45, 7) is 3.74. The Hall–Kier alpha value is -2.77. The molecule has 8 heteroatoms. The van der Waals surface area contributed by atoms with Gasteiger partial charge in [-0.05, 0) is 6.07 Å². The molecule has 0 aromatic carbocycles. The van der Waals surface area contributed by atoms with Gasteiger partial charge in [0.2, 0.25) is 5.95 Å². The fourth-order valence-corrected chi connectivity index (χ4v) is 1.24. The Morgan fingerprint density at radius 2 is 2.28 bits per heavy atom. The second-order valence-electron chi connectivity index (χ2n) is 3.29. The lowest BCUT2D eigenvalue weighted by Crippen LogP contribution is -2.00. The maximum absolute atomic E-state index is 10.5. The van der Waals surface area contributed by atoms with E-state index in [2.05, 4.69) is 27.1 Å². The molecule has 0 unspecified atom stereocenters. The molecule has 0 aliphatic rings. The lowest BCUT2D eigenvalue weighted by Gasteiger charge is -2.01. The van der Waals surface area contributed by atoms with Gasteiger partial charge in [-0.2, -0.15) is 0 Å². The molecule has 0 spiro atoms. The standard InChI is InChI=1S/C10H9N5O3/c1-6(7-5-12-10(11-2)14-13-7)8-3-4-9(18-8)15(16)17/h3-5H,1H2,2H3,(H,11,12,14). The minimum atomic E-state index is -0.620. The number of furan rings is 1. The molecule has 18 heavy (non-hydrogen) atoms. The summed E-state index contributed by atoms with van der Waals surface area (Å²) >= 11 is 0. The number of anilines is 1. The van der Waals surface area contributed by atoms with Gasteiger partial charge in [-0.15, -0.1) is 10.2 Å². The van der Waals surface area contributed by atoms with Gasteiger partial charge in [0.15, 0.2) is 0 Å². The van der Waals surface area contributed by atoms with Gasteiger partial charge in [-0.1, -0.05) is 6.58 Å². The van der Waals surface area contributed by atoms with Gasteiger partial charge in [-0.3, -0.25) is 10.1 Å². The molecule has 8 nitrogen and oxygen atoms in total. The van der Waals surface area contributed by atoms with Crippen LogP contribution in [0.5, 0.6) is 0 Å². The number of rotatable bonds is 4. The minimum Gasteiger partial charge on any atom is -0.401 e. The molecule has 0 amide bonds. The van der Waals surface area contributed by atoms with Gasteiger partial charge in [0.25, 0.3) is 0 Å². The predicted molar refractivity (Wildman–Crippen MR) is 62.9 cm³/mol. The summed E-state index contributed by atoms with van der Waals surface area (Å²) in [5.41, 5.74) is 0.768. The van der Waals surface area contributed by atoms with Crippen LogP contribution in [-0.2, 0) is 0 Å². The highest BCUT2D eigenvalue weighted by Crippen LogP contribution is 2.24. The highest BCUT2D eigenvalue weighted by atomic mass is 16.6. The van der Waals surface area contributed by atoms with Crippen molar-refractivity contribution in [3.05, 3.63) is 46.5 Å². The first kappa shape index (κ1) is 11.7. The summed E-state index contributed by atoms with van der Waals surface area (Å²) in [5, 5.41) is 20.9. The van der Waals surface area contributed by atoms with Gasteiger partial charge in [0, 0.05) is 12.6 Å². The molecule has 2 aromatic heterocycles. The second-order valence-corrected chi connectivity index (χ2v) is 3.29. The van der Waals surface area contributed by atoms with E-state index in [4.69, 9.17) is 4.42 Å². The first-order chi connectivity index (χ1) is 8.61. The van der Waals surface area contributed by atoms with E-state index >= 15 is 0 Å². The molecule has 0 bridgehead atoms. The Balaban J connectivity index is 2.26. The molecule has 2 heterocycles. The van der Waals surface area contributed by atoms with Crippen molar-refractivity contribution in [3.63, 3.8) is 0 Å². The van der Waals surface area contributed by atoms with Crippen LogP contribution >= 0.6 is 0 Å². The topological polar surface area (TPSA) is 107 Å². The van der Waals surface area contributed by atoms with E-state index in [0.29, 0.717) is 17.2 Å². The average molecular weight is 247 g/mol. The van der Waals surface area contributed by atoms with E-state index in [1.54, 1.807) is 7.05 Å². The molecule has 92 valence electrons. The number of nitro groups is 1. The summed E-state index contributed by atoms with van der Waals surface area (Å²) < 4.78 is 5.01. The zero-order chi connectivity index (χ0) is 13.1. The van der Waals surface area contributed by atoms with Crippen molar-refractivity contribution >= 4 is 17.4 Å². The normalized spacial score (nSPS) is 10.1. The summed E-state index contributed by atoms with van der Waals surface area (Å²) in [7, 11) is 1.67. The molecule has 0 atom stereocenters. The summed E-state index contributed by atoms with van der Waals surface area (Å²) in [6.07, 6.45) is 1.45. The van der Waals surface area contributed by atoms with Gasteiger partial charge in [0.1, 0.15) is 16.4 Å². The van der Waals surface area contributed by atoms with Crippen molar-refractivity contribution in [2.75, 3.05) is 12.4 Å². The monoisotopic (exact) mass is 247 g/mol. The van der Waals surface area contributed by atoms with Crippen LogP contribution in [0.1, 0.15) is 11.5 Å². The fourth-order valence-electron chi connectivity index (χ4n) is 1.24. The van der Waals surface area contributed by atoms with Crippen molar-refractivity contribution in [3.8, 4) is 0 Å². The Morgan fingerprint density at radius 3 is 2.78 bits per heavy atom. The molecule has 0 fully saturated rings. The summed E-state index contributed by atoms with van der Waals surface area (Å²) in [4.78, 5) is 13.8. The van der Waals surface area contributed by atoms with Crippen molar-refractivity contribution in [1.29, 1.82) is 0 Å². The quantitative estimate of drug-likeness (QED) is 0.643. The van der Waals surface area contributed by atoms with E-state index in [1.807, 2.05) is 0 Å². The van der Waals surface area contributed by atoms with Crippen LogP contribution in [0, 0.1) is 10.1 Å². The van der Waals surface area contributed by atoms with E-state index in [1.165, 1.54) is 18.3 Å². The molecule has 1 N–H and O–H groups in total. The zero-order valence-electron chi connectivity index (χ0n) is 9.45. The SMILES string of the molecule is C=C(c1cnc(NC)nn1)c1ccc([N+](=O)[O-])o1. The lowest BCUT2D eigenvalue weighted by molar-refractivity contribution is -0.402. The molecule has 0 radical (unpaired) electrons. The third kappa shape index (κ3) is 2.17. The Labute approximate surface area is 102 Å². The van der Waals surface area contributed by atoms with Crippen molar-refractivity contribution in [2.24, 2.45) is 0 Å². The molecule has 0 saturated heterocycles. The van der Waals surface area contributed by atoms with Crippen LogP contribution in [0.25, 0.3) is 5.57 Å². The number of nitrogens with one attached hydrogen (secondary N) is 1. The van der Waals surface area contributed by atoms with Crippen LogP contribution in [0.2, 0.25) is 0 Å². The zero-order valence-corrected chi connectivity index (χ0v) is 9.45. The molecule has 0 saturated carbocycles. The van der Waals surface area contributed by atoms with E-state index in [-0.39, 0.29) is 11.6 Å². The Morgan fingerprint density at radius 1 is 1.50 bits per heavy atom. The van der Waals surface area contributed by atoms with Crippen LogP contribution in [0.4, 0.5) is 11.8 Å². The van der Waals surface area contributed by atoms with Crippen LogP contribution in [0.3, 0.4) is 0 Å². The first-order valence-corrected chi connectivity index (χ1v) is 4.93. The third-order valence-electron chi connectivity index (χ3n) is 2.16. The summed E-state index contributed by atoms with van der Waals surface area (Å²) in [6, 6.07) is 2.71. The number of hydrogen-bond donors (Lipinski definition) is 1. The van der Waals surface area contributed by atoms with Crippen LogP contribution in [0.15, 0.2) is 29.3 Å². The Kier molecular flexibility index (Phi) is 3.00. The van der Waals surface area contributed by atoms with Crippen molar-refractivity contribution < 1.29 is 9.34 Å².